The van der Waals surface area contributed by atoms with Crippen LogP contribution in [0, 0.1) is 0 Å². The van der Waals surface area contributed by atoms with Crippen molar-refractivity contribution < 1.29 is 8.42 Å². The molecule has 0 atom stereocenters. The molecule has 3 nitrogen and oxygen atoms in total. The summed E-state index contributed by atoms with van der Waals surface area (Å²) in [6, 6.07) is 22.1. The summed E-state index contributed by atoms with van der Waals surface area (Å²) in [5.74, 6) is 0. The third-order valence-electron chi connectivity index (χ3n) is 3.30. The van der Waals surface area contributed by atoms with Crippen LogP contribution in [0.5, 0.6) is 0 Å². The average Bonchev–Trinajstić information content (AvgIpc) is 3.10. The van der Waals surface area contributed by atoms with Crippen molar-refractivity contribution in [1.29, 1.82) is 0 Å². The summed E-state index contributed by atoms with van der Waals surface area (Å²) in [5, 5.41) is 1.76. The predicted molar refractivity (Wildman–Crippen MR) is 89.4 cm³/mol. The highest BCUT2D eigenvalue weighted by Crippen LogP contribution is 2.25. The molecular formula is C17H15NO2S2. The number of nitrogens with one attached hydrogen (secondary N) is 1. The van der Waals surface area contributed by atoms with Gasteiger partial charge in [0.2, 0.25) is 0 Å². The first kappa shape index (κ1) is 15.0. The van der Waals surface area contributed by atoms with Gasteiger partial charge in [0.15, 0.2) is 0 Å². The van der Waals surface area contributed by atoms with Crippen LogP contribution in [0.3, 0.4) is 0 Å². The Balaban J connectivity index is 2.00. The van der Waals surface area contributed by atoms with Crippen molar-refractivity contribution in [3.63, 3.8) is 0 Å². The SMILES string of the molecule is O=S(=O)(NC(c1ccccc1)c1ccccc1)c1cccs1. The van der Waals surface area contributed by atoms with Crippen LogP contribution in [0.2, 0.25) is 0 Å². The minimum absolute atomic E-state index is 0.323. The molecule has 1 heterocycles. The lowest BCUT2D eigenvalue weighted by Crippen LogP contribution is -2.28. The van der Waals surface area contributed by atoms with Crippen LogP contribution in [0.15, 0.2) is 82.4 Å². The second-order valence-corrected chi connectivity index (χ2v) is 7.70. The summed E-state index contributed by atoms with van der Waals surface area (Å²) in [4.78, 5) is 0. The molecule has 1 N–H and O–H groups in total. The van der Waals surface area contributed by atoms with E-state index >= 15 is 0 Å². The first-order valence-corrected chi connectivity index (χ1v) is 9.19. The van der Waals surface area contributed by atoms with E-state index in [1.165, 1.54) is 11.3 Å². The summed E-state index contributed by atoms with van der Waals surface area (Å²) >= 11 is 1.21. The smallest absolute Gasteiger partial charge is 0.206 e. The summed E-state index contributed by atoms with van der Waals surface area (Å²) < 4.78 is 28.2. The third kappa shape index (κ3) is 3.27. The molecule has 0 aliphatic heterocycles. The first-order chi connectivity index (χ1) is 10.7. The Labute approximate surface area is 134 Å². The van der Waals surface area contributed by atoms with Crippen molar-refractivity contribution in [2.75, 3.05) is 0 Å². The lowest BCUT2D eigenvalue weighted by Gasteiger charge is -2.19. The fourth-order valence-electron chi connectivity index (χ4n) is 2.25. The molecule has 3 rings (SSSR count). The van der Waals surface area contributed by atoms with Crippen molar-refractivity contribution in [1.82, 2.24) is 4.72 Å². The van der Waals surface area contributed by atoms with E-state index in [0.29, 0.717) is 4.21 Å². The standard InChI is InChI=1S/C17H15NO2S2/c19-22(20,16-12-7-13-21-16)18-17(14-8-3-1-4-9-14)15-10-5-2-6-11-15/h1-13,17-18H. The molecule has 5 heteroatoms. The maximum atomic E-state index is 12.5. The van der Waals surface area contributed by atoms with Crippen molar-refractivity contribution in [2.24, 2.45) is 0 Å². The molecule has 0 radical (unpaired) electrons. The van der Waals surface area contributed by atoms with Crippen LogP contribution in [-0.2, 0) is 10.0 Å². The molecule has 0 amide bonds. The van der Waals surface area contributed by atoms with E-state index in [9.17, 15) is 8.42 Å². The molecule has 0 saturated carbocycles. The molecule has 0 saturated heterocycles. The number of rotatable bonds is 5. The number of benzene rings is 2. The molecule has 2 aromatic carbocycles. The lowest BCUT2D eigenvalue weighted by molar-refractivity contribution is 0.574. The Hall–Kier alpha value is -1.95. The number of hydrogen-bond donors (Lipinski definition) is 1. The molecule has 0 aliphatic carbocycles. The van der Waals surface area contributed by atoms with Gasteiger partial charge in [-0.3, -0.25) is 0 Å². The van der Waals surface area contributed by atoms with Gasteiger partial charge in [0.05, 0.1) is 6.04 Å². The zero-order valence-corrected chi connectivity index (χ0v) is 13.3. The fourth-order valence-corrected chi connectivity index (χ4v) is 4.47. The van der Waals surface area contributed by atoms with E-state index < -0.39 is 16.1 Å². The highest BCUT2D eigenvalue weighted by atomic mass is 32.2. The number of thiophene rings is 1. The van der Waals surface area contributed by atoms with E-state index in [-0.39, 0.29) is 0 Å². The topological polar surface area (TPSA) is 46.2 Å². The molecule has 112 valence electrons. The molecule has 0 fully saturated rings. The van der Waals surface area contributed by atoms with Crippen LogP contribution in [-0.4, -0.2) is 8.42 Å². The van der Waals surface area contributed by atoms with Gasteiger partial charge in [-0.1, -0.05) is 66.7 Å². The quantitative estimate of drug-likeness (QED) is 0.773. The average molecular weight is 329 g/mol. The molecule has 22 heavy (non-hydrogen) atoms. The Kier molecular flexibility index (Phi) is 4.38. The normalized spacial score (nSPS) is 11.7. The zero-order chi connectivity index (χ0) is 15.4. The van der Waals surface area contributed by atoms with Gasteiger partial charge in [-0.15, -0.1) is 11.3 Å². The highest BCUT2D eigenvalue weighted by molar-refractivity contribution is 7.91. The number of hydrogen-bond acceptors (Lipinski definition) is 3. The highest BCUT2D eigenvalue weighted by Gasteiger charge is 2.23. The van der Waals surface area contributed by atoms with E-state index in [0.717, 1.165) is 11.1 Å². The number of sulfonamides is 1. The molecule has 0 bridgehead atoms. The summed E-state index contributed by atoms with van der Waals surface area (Å²) in [5.41, 5.74) is 1.82. The second-order valence-electron chi connectivity index (χ2n) is 4.81. The summed E-state index contributed by atoms with van der Waals surface area (Å²) in [6.07, 6.45) is 0. The molecule has 3 aromatic rings. The van der Waals surface area contributed by atoms with Gasteiger partial charge in [0.1, 0.15) is 4.21 Å². The van der Waals surface area contributed by atoms with Gasteiger partial charge < -0.3 is 0 Å². The maximum absolute atomic E-state index is 12.5. The zero-order valence-electron chi connectivity index (χ0n) is 11.7. The molecule has 1 aromatic heterocycles. The Morgan fingerprint density at radius 1 is 0.773 bits per heavy atom. The van der Waals surface area contributed by atoms with E-state index in [1.54, 1.807) is 17.5 Å². The van der Waals surface area contributed by atoms with Crippen LogP contribution in [0.4, 0.5) is 0 Å². The Bertz CT molecular complexity index is 774. The Morgan fingerprint density at radius 3 is 1.77 bits per heavy atom. The van der Waals surface area contributed by atoms with Crippen molar-refractivity contribution in [2.45, 2.75) is 10.3 Å². The van der Waals surface area contributed by atoms with Crippen molar-refractivity contribution in [3.05, 3.63) is 89.3 Å². The van der Waals surface area contributed by atoms with Gasteiger partial charge in [-0.2, -0.15) is 4.72 Å². The van der Waals surface area contributed by atoms with Crippen LogP contribution in [0.25, 0.3) is 0 Å². The van der Waals surface area contributed by atoms with E-state index in [2.05, 4.69) is 4.72 Å². The largest absolute Gasteiger partial charge is 0.250 e. The minimum Gasteiger partial charge on any atom is -0.206 e. The van der Waals surface area contributed by atoms with Crippen LogP contribution < -0.4 is 4.72 Å². The van der Waals surface area contributed by atoms with Gasteiger partial charge in [-0.25, -0.2) is 8.42 Å². The van der Waals surface area contributed by atoms with Gasteiger partial charge in [-0.05, 0) is 22.6 Å². The third-order valence-corrected chi connectivity index (χ3v) is 6.12. The summed E-state index contributed by atoms with van der Waals surface area (Å²) in [6.45, 7) is 0. The summed E-state index contributed by atoms with van der Waals surface area (Å²) in [7, 11) is -3.54. The van der Waals surface area contributed by atoms with Crippen molar-refractivity contribution in [3.8, 4) is 0 Å². The maximum Gasteiger partial charge on any atom is 0.250 e. The van der Waals surface area contributed by atoms with Gasteiger partial charge >= 0.3 is 0 Å². The monoisotopic (exact) mass is 329 g/mol. The fraction of sp³-hybridized carbons (Fsp3) is 0.0588. The minimum atomic E-state index is -3.54. The van der Waals surface area contributed by atoms with Gasteiger partial charge in [0.25, 0.3) is 10.0 Å². The van der Waals surface area contributed by atoms with E-state index in [4.69, 9.17) is 0 Å². The van der Waals surface area contributed by atoms with Crippen LogP contribution >= 0.6 is 11.3 Å². The first-order valence-electron chi connectivity index (χ1n) is 6.82. The van der Waals surface area contributed by atoms with Crippen molar-refractivity contribution >= 4 is 21.4 Å². The molecule has 0 aliphatic rings. The molecule has 0 spiro atoms. The lowest BCUT2D eigenvalue weighted by atomic mass is 10.00. The second kappa shape index (κ2) is 6.44. The van der Waals surface area contributed by atoms with Gasteiger partial charge in [0, 0.05) is 0 Å². The predicted octanol–water partition coefficient (Wildman–Crippen LogP) is 3.82. The van der Waals surface area contributed by atoms with Crippen LogP contribution in [0.1, 0.15) is 17.2 Å². The Morgan fingerprint density at radius 2 is 1.32 bits per heavy atom. The molecule has 0 unspecified atom stereocenters. The molecular weight excluding hydrogens is 314 g/mol. The van der Waals surface area contributed by atoms with E-state index in [1.807, 2.05) is 60.7 Å².